The molecule has 0 atom stereocenters. The van der Waals surface area contributed by atoms with Gasteiger partial charge in [0.05, 0.1) is 5.54 Å². The monoisotopic (exact) mass is 369 g/mol. The van der Waals surface area contributed by atoms with Crippen molar-refractivity contribution in [1.82, 2.24) is 14.9 Å². The number of rotatable bonds is 3. The highest BCUT2D eigenvalue weighted by atomic mass is 79.9. The summed E-state index contributed by atoms with van der Waals surface area (Å²) in [5.74, 6) is -0.406. The van der Waals surface area contributed by atoms with Crippen molar-refractivity contribution in [3.05, 3.63) is 48.7 Å². The average molecular weight is 370 g/mol. The first kappa shape index (κ1) is 15.9. The standard InChI is InChI=1S/C14H16BrN3O2S/c1-8-10(15)7-9(12(20)18(8)4)11(19)17-14(2,3)13-16-5-6-21-13/h5-7H,1-4H3,(H,17,19). The Bertz CT molecular complexity index is 735. The number of aromatic nitrogens is 2. The fraction of sp³-hybridized carbons (Fsp3) is 0.357. The Morgan fingerprint density at radius 1 is 1.48 bits per heavy atom. The van der Waals surface area contributed by atoms with Gasteiger partial charge in [-0.15, -0.1) is 11.3 Å². The number of nitrogens with zero attached hydrogens (tertiary/aromatic N) is 2. The zero-order valence-electron chi connectivity index (χ0n) is 12.2. The van der Waals surface area contributed by atoms with E-state index in [2.05, 4.69) is 26.2 Å². The van der Waals surface area contributed by atoms with E-state index in [1.165, 1.54) is 15.9 Å². The molecule has 0 aliphatic carbocycles. The van der Waals surface area contributed by atoms with Crippen LogP contribution in [0.15, 0.2) is 26.9 Å². The van der Waals surface area contributed by atoms with Crippen molar-refractivity contribution in [2.75, 3.05) is 0 Å². The maximum atomic E-state index is 12.4. The molecule has 7 heteroatoms. The van der Waals surface area contributed by atoms with Crippen LogP contribution in [-0.2, 0) is 12.6 Å². The van der Waals surface area contributed by atoms with Gasteiger partial charge in [0.2, 0.25) is 0 Å². The molecule has 0 spiro atoms. The molecule has 0 aliphatic heterocycles. The summed E-state index contributed by atoms with van der Waals surface area (Å²) in [5.41, 5.74) is -0.0633. The first-order valence-corrected chi connectivity index (χ1v) is 8.00. The minimum atomic E-state index is -0.631. The highest BCUT2D eigenvalue weighted by Crippen LogP contribution is 2.22. The average Bonchev–Trinajstić information content (AvgIpc) is 2.94. The van der Waals surface area contributed by atoms with Gasteiger partial charge >= 0.3 is 0 Å². The molecule has 2 aromatic heterocycles. The van der Waals surface area contributed by atoms with Crippen molar-refractivity contribution >= 4 is 33.2 Å². The Morgan fingerprint density at radius 3 is 2.71 bits per heavy atom. The molecule has 2 aromatic rings. The van der Waals surface area contributed by atoms with E-state index in [4.69, 9.17) is 0 Å². The lowest BCUT2D eigenvalue weighted by Gasteiger charge is -2.24. The molecule has 0 aliphatic rings. The number of halogens is 1. The number of amides is 1. The zero-order chi connectivity index (χ0) is 15.8. The molecule has 0 unspecified atom stereocenters. The summed E-state index contributed by atoms with van der Waals surface area (Å²) in [6, 6.07) is 1.56. The number of hydrogen-bond donors (Lipinski definition) is 1. The van der Waals surface area contributed by atoms with E-state index >= 15 is 0 Å². The van der Waals surface area contributed by atoms with Crippen molar-refractivity contribution in [1.29, 1.82) is 0 Å². The van der Waals surface area contributed by atoms with Crippen LogP contribution >= 0.6 is 27.3 Å². The quantitative estimate of drug-likeness (QED) is 0.903. The van der Waals surface area contributed by atoms with Crippen LogP contribution in [0.5, 0.6) is 0 Å². The fourth-order valence-corrected chi connectivity index (χ4v) is 3.10. The van der Waals surface area contributed by atoms with E-state index < -0.39 is 11.4 Å². The Morgan fingerprint density at radius 2 is 2.14 bits per heavy atom. The summed E-state index contributed by atoms with van der Waals surface area (Å²) in [7, 11) is 1.64. The Balaban J connectivity index is 2.36. The van der Waals surface area contributed by atoms with Crippen LogP contribution < -0.4 is 10.9 Å². The molecule has 0 fully saturated rings. The van der Waals surface area contributed by atoms with Gasteiger partial charge < -0.3 is 9.88 Å². The Hall–Kier alpha value is -1.47. The topological polar surface area (TPSA) is 64.0 Å². The van der Waals surface area contributed by atoms with Crippen molar-refractivity contribution < 1.29 is 4.79 Å². The minimum Gasteiger partial charge on any atom is -0.340 e. The van der Waals surface area contributed by atoms with Crippen molar-refractivity contribution in [2.24, 2.45) is 7.05 Å². The molecule has 112 valence electrons. The van der Waals surface area contributed by atoms with E-state index in [1.54, 1.807) is 19.3 Å². The van der Waals surface area contributed by atoms with E-state index in [0.29, 0.717) is 0 Å². The van der Waals surface area contributed by atoms with Gasteiger partial charge in [0.1, 0.15) is 10.6 Å². The maximum Gasteiger partial charge on any atom is 0.263 e. The molecule has 2 rings (SSSR count). The SMILES string of the molecule is Cc1c(Br)cc(C(=O)NC(C)(C)c2nccs2)c(=O)n1C. The highest BCUT2D eigenvalue weighted by molar-refractivity contribution is 9.10. The highest BCUT2D eigenvalue weighted by Gasteiger charge is 2.27. The number of hydrogen-bond acceptors (Lipinski definition) is 4. The molecule has 5 nitrogen and oxygen atoms in total. The molecular formula is C14H16BrN3O2S. The van der Waals surface area contributed by atoms with Gasteiger partial charge in [-0.3, -0.25) is 9.59 Å². The van der Waals surface area contributed by atoms with E-state index in [1.807, 2.05) is 26.2 Å². The van der Waals surface area contributed by atoms with E-state index in [-0.39, 0.29) is 11.1 Å². The molecule has 0 aromatic carbocycles. The molecule has 1 amide bonds. The number of carbonyl (C=O) groups is 1. The summed E-state index contributed by atoms with van der Waals surface area (Å²) in [6.45, 7) is 5.53. The predicted octanol–water partition coefficient (Wildman–Crippen LogP) is 2.58. The van der Waals surface area contributed by atoms with Crippen LogP contribution in [0.4, 0.5) is 0 Å². The minimum absolute atomic E-state index is 0.111. The van der Waals surface area contributed by atoms with Gasteiger partial charge in [0.15, 0.2) is 0 Å². The number of nitrogens with one attached hydrogen (secondary N) is 1. The van der Waals surface area contributed by atoms with Crippen LogP contribution in [0.3, 0.4) is 0 Å². The number of thiazole rings is 1. The second kappa shape index (κ2) is 5.73. The first-order valence-electron chi connectivity index (χ1n) is 6.32. The Labute approximate surface area is 135 Å². The Kier molecular flexibility index (Phi) is 4.34. The lowest BCUT2D eigenvalue weighted by Crippen LogP contribution is -2.43. The van der Waals surface area contributed by atoms with Crippen LogP contribution in [-0.4, -0.2) is 15.5 Å². The number of carbonyl (C=O) groups excluding carboxylic acids is 1. The number of pyridine rings is 1. The van der Waals surface area contributed by atoms with Gasteiger partial charge in [-0.2, -0.15) is 0 Å². The lowest BCUT2D eigenvalue weighted by atomic mass is 10.1. The third-order valence-corrected chi connectivity index (χ3v) is 5.19. The van der Waals surface area contributed by atoms with Gasteiger partial charge in [-0.1, -0.05) is 0 Å². The second-order valence-corrected chi connectivity index (χ2v) is 7.02. The summed E-state index contributed by atoms with van der Waals surface area (Å²) in [6.07, 6.45) is 1.69. The van der Waals surface area contributed by atoms with Crippen LogP contribution in [0.1, 0.15) is 34.9 Å². The molecular weight excluding hydrogens is 354 g/mol. The molecule has 0 saturated heterocycles. The van der Waals surface area contributed by atoms with Crippen molar-refractivity contribution in [3.8, 4) is 0 Å². The van der Waals surface area contributed by atoms with Crippen LogP contribution in [0, 0.1) is 6.92 Å². The van der Waals surface area contributed by atoms with Gasteiger partial charge in [-0.25, -0.2) is 4.98 Å². The molecule has 21 heavy (non-hydrogen) atoms. The van der Waals surface area contributed by atoms with E-state index in [0.717, 1.165) is 15.2 Å². The predicted molar refractivity (Wildman–Crippen MR) is 86.7 cm³/mol. The summed E-state index contributed by atoms with van der Waals surface area (Å²) < 4.78 is 2.18. The maximum absolute atomic E-state index is 12.4. The summed E-state index contributed by atoms with van der Waals surface area (Å²) >= 11 is 4.83. The van der Waals surface area contributed by atoms with Gasteiger partial charge in [0, 0.05) is 28.8 Å². The molecule has 0 bridgehead atoms. The third kappa shape index (κ3) is 3.08. The normalized spacial score (nSPS) is 11.5. The smallest absolute Gasteiger partial charge is 0.263 e. The van der Waals surface area contributed by atoms with Crippen LogP contribution in [0.2, 0.25) is 0 Å². The van der Waals surface area contributed by atoms with Crippen LogP contribution in [0.25, 0.3) is 0 Å². The molecule has 0 radical (unpaired) electrons. The lowest BCUT2D eigenvalue weighted by molar-refractivity contribution is 0.0909. The van der Waals surface area contributed by atoms with Crippen molar-refractivity contribution in [3.63, 3.8) is 0 Å². The first-order chi connectivity index (χ1) is 9.74. The van der Waals surface area contributed by atoms with Gasteiger partial charge in [-0.05, 0) is 42.8 Å². The van der Waals surface area contributed by atoms with Gasteiger partial charge in [0.25, 0.3) is 11.5 Å². The zero-order valence-corrected chi connectivity index (χ0v) is 14.6. The second-order valence-electron chi connectivity index (χ2n) is 5.27. The summed E-state index contributed by atoms with van der Waals surface area (Å²) in [4.78, 5) is 28.9. The summed E-state index contributed by atoms with van der Waals surface area (Å²) in [5, 5.41) is 5.51. The van der Waals surface area contributed by atoms with Crippen molar-refractivity contribution in [2.45, 2.75) is 26.3 Å². The molecule has 2 heterocycles. The van der Waals surface area contributed by atoms with E-state index in [9.17, 15) is 9.59 Å². The largest absolute Gasteiger partial charge is 0.340 e. The fourth-order valence-electron chi connectivity index (χ4n) is 1.89. The molecule has 0 saturated carbocycles. The third-order valence-electron chi connectivity index (χ3n) is 3.29. The molecule has 1 N–H and O–H groups in total.